The van der Waals surface area contributed by atoms with Crippen molar-refractivity contribution in [1.82, 2.24) is 0 Å². The summed E-state index contributed by atoms with van der Waals surface area (Å²) in [5.41, 5.74) is 6.94. The molecule has 0 aliphatic carbocycles. The molecule has 40 heavy (non-hydrogen) atoms. The van der Waals surface area contributed by atoms with Gasteiger partial charge in [0.1, 0.15) is 14.1 Å². The highest BCUT2D eigenvalue weighted by Gasteiger charge is 2.04. The van der Waals surface area contributed by atoms with Gasteiger partial charge in [-0.2, -0.15) is 0 Å². The summed E-state index contributed by atoms with van der Waals surface area (Å²) in [6.07, 6.45) is 14.1. The lowest BCUT2D eigenvalue weighted by Crippen LogP contribution is -2.30. The van der Waals surface area contributed by atoms with Crippen LogP contribution < -0.4 is 14.4 Å². The fraction of sp³-hybridized carbons (Fsp3) is 0.235. The maximum absolute atomic E-state index is 4.08. The topological polar surface area (TPSA) is 13.4 Å². The maximum Gasteiger partial charge on any atom is 0.204 e. The molecule has 0 aliphatic rings. The molecule has 0 atom stereocenters. The van der Waals surface area contributed by atoms with E-state index in [0.29, 0.717) is 0 Å². The van der Waals surface area contributed by atoms with Crippen LogP contribution in [0.2, 0.25) is 0 Å². The van der Waals surface area contributed by atoms with Crippen molar-refractivity contribution in [3.05, 3.63) is 121 Å². The molecule has 2 aromatic carbocycles. The summed E-state index contributed by atoms with van der Waals surface area (Å²) in [6, 6.07) is 23.7. The molecule has 208 valence electrons. The average molecular weight is 571 g/mol. The van der Waals surface area contributed by atoms with Gasteiger partial charge in [0.05, 0.1) is 0 Å². The lowest BCUT2D eigenvalue weighted by molar-refractivity contribution is -0.673. The van der Waals surface area contributed by atoms with Crippen molar-refractivity contribution < 1.29 is 9.14 Å². The van der Waals surface area contributed by atoms with E-state index in [1.54, 1.807) is 6.08 Å². The lowest BCUT2D eigenvalue weighted by atomic mass is 10.1. The van der Waals surface area contributed by atoms with Crippen molar-refractivity contribution in [3.63, 3.8) is 0 Å². The van der Waals surface area contributed by atoms with Gasteiger partial charge in [-0.15, -0.1) is 0 Å². The van der Waals surface area contributed by atoms with Crippen LogP contribution in [0.5, 0.6) is 0 Å². The normalized spacial score (nSPS) is 11.8. The third-order valence-corrected chi connectivity index (χ3v) is 8.93. The fourth-order valence-corrected chi connectivity index (χ4v) is 5.95. The number of aryl methyl sites for hydroxylation is 1. The van der Waals surface area contributed by atoms with Crippen LogP contribution in [-0.2, 0) is 7.05 Å². The Bertz CT molecular complexity index is 1320. The number of nitrogens with zero attached hydrogens (tertiary/aromatic N) is 4. The zero-order valence-corrected chi connectivity index (χ0v) is 25.9. The highest BCUT2D eigenvalue weighted by Crippen LogP contribution is 2.23. The van der Waals surface area contributed by atoms with Gasteiger partial charge < -0.3 is 9.80 Å². The van der Waals surface area contributed by atoms with Crippen LogP contribution in [0.3, 0.4) is 0 Å². The molecule has 0 unspecified atom stereocenters. The van der Waals surface area contributed by atoms with Gasteiger partial charge in [-0.25, -0.2) is 9.14 Å². The summed E-state index contributed by atoms with van der Waals surface area (Å²) < 4.78 is 4.06. The summed E-state index contributed by atoms with van der Waals surface area (Å²) in [5.74, 6) is 2.17. The standard InChI is InChI=1S/C34H42N4S2/c1-7-23-35(3)29(2)11-12-30-14-19-33(20-15-30)37(5)25-27-39-40-28-26-38(6)34-21-16-31(17-22-34)13-18-32-10-8-9-24-36(32)4/h7-24H,1-2,25-28H2,3-6H3/q+2/b12-11+,35-23?. The number of anilines is 2. The van der Waals surface area contributed by atoms with Crippen molar-refractivity contribution in [1.29, 1.82) is 0 Å². The molecule has 4 nitrogen and oxygen atoms in total. The smallest absolute Gasteiger partial charge is 0.204 e. The number of aromatic nitrogens is 1. The summed E-state index contributed by atoms with van der Waals surface area (Å²) >= 11 is 0. The zero-order valence-electron chi connectivity index (χ0n) is 24.2. The van der Waals surface area contributed by atoms with Gasteiger partial charge in [0.2, 0.25) is 5.69 Å². The Labute approximate surface area is 249 Å². The van der Waals surface area contributed by atoms with Crippen LogP contribution in [-0.4, -0.2) is 56.5 Å². The Morgan fingerprint density at radius 3 is 1.90 bits per heavy atom. The molecular weight excluding hydrogens is 529 g/mol. The first kappa shape index (κ1) is 31.1. The van der Waals surface area contributed by atoms with Crippen molar-refractivity contribution in [2.45, 2.75) is 0 Å². The van der Waals surface area contributed by atoms with E-state index < -0.39 is 0 Å². The van der Waals surface area contributed by atoms with E-state index >= 15 is 0 Å². The van der Waals surface area contributed by atoms with E-state index in [4.69, 9.17) is 0 Å². The van der Waals surface area contributed by atoms with Gasteiger partial charge in [0, 0.05) is 74.4 Å². The molecule has 3 aromatic rings. The molecule has 0 amide bonds. The van der Waals surface area contributed by atoms with Gasteiger partial charge in [-0.05, 0) is 66.3 Å². The number of likely N-dealkylation sites (N-methyl/N-ethyl adjacent to an activating group) is 1. The van der Waals surface area contributed by atoms with E-state index in [0.717, 1.165) is 35.9 Å². The third-order valence-electron chi connectivity index (χ3n) is 6.56. The first-order chi connectivity index (χ1) is 19.4. The van der Waals surface area contributed by atoms with Crippen molar-refractivity contribution in [3.8, 4) is 0 Å². The van der Waals surface area contributed by atoms with E-state index in [9.17, 15) is 0 Å². The highest BCUT2D eigenvalue weighted by atomic mass is 33.1. The number of rotatable bonds is 15. The molecule has 0 fully saturated rings. The summed E-state index contributed by atoms with van der Waals surface area (Å²) in [5, 5.41) is 0. The van der Waals surface area contributed by atoms with Gasteiger partial charge in [-0.3, -0.25) is 0 Å². The Kier molecular flexibility index (Phi) is 12.9. The van der Waals surface area contributed by atoms with Crippen molar-refractivity contribution in [2.75, 3.05) is 55.5 Å². The molecule has 0 saturated carbocycles. The zero-order chi connectivity index (χ0) is 28.7. The van der Waals surface area contributed by atoms with E-state index in [1.807, 2.05) is 51.6 Å². The fourth-order valence-electron chi connectivity index (χ4n) is 3.86. The number of hydrogen-bond donors (Lipinski definition) is 0. The first-order valence-electron chi connectivity index (χ1n) is 13.4. The summed E-state index contributed by atoms with van der Waals surface area (Å²) in [7, 11) is 12.2. The second kappa shape index (κ2) is 16.6. The minimum Gasteiger partial charge on any atom is -0.374 e. The number of benzene rings is 2. The molecule has 6 heteroatoms. The first-order valence-corrected chi connectivity index (χ1v) is 15.9. The van der Waals surface area contributed by atoms with Gasteiger partial charge in [0.15, 0.2) is 18.1 Å². The molecular formula is C34H42N4S2+2. The number of allylic oxidation sites excluding steroid dienone is 2. The Morgan fingerprint density at radius 2 is 1.38 bits per heavy atom. The Hall–Kier alpha value is -3.48. The molecule has 0 aliphatic heterocycles. The lowest BCUT2D eigenvalue weighted by Gasteiger charge is -2.20. The molecule has 1 aromatic heterocycles. The van der Waals surface area contributed by atoms with Crippen LogP contribution in [0.15, 0.2) is 104 Å². The van der Waals surface area contributed by atoms with Crippen molar-refractivity contribution >= 4 is 57.4 Å². The summed E-state index contributed by atoms with van der Waals surface area (Å²) in [6.45, 7) is 9.83. The largest absolute Gasteiger partial charge is 0.374 e. The predicted octanol–water partition coefficient (Wildman–Crippen LogP) is 7.06. The molecule has 0 bridgehead atoms. The minimum absolute atomic E-state index is 0.918. The van der Waals surface area contributed by atoms with Crippen LogP contribution in [0.4, 0.5) is 11.4 Å². The van der Waals surface area contributed by atoms with Crippen LogP contribution >= 0.6 is 21.6 Å². The van der Waals surface area contributed by atoms with Crippen LogP contribution in [0.25, 0.3) is 18.2 Å². The highest BCUT2D eigenvalue weighted by molar-refractivity contribution is 8.76. The maximum atomic E-state index is 4.08. The molecule has 0 saturated heterocycles. The van der Waals surface area contributed by atoms with Gasteiger partial charge in [0.25, 0.3) is 0 Å². The van der Waals surface area contributed by atoms with Gasteiger partial charge >= 0.3 is 0 Å². The number of pyridine rings is 1. The predicted molar refractivity (Wildman–Crippen MR) is 182 cm³/mol. The van der Waals surface area contributed by atoms with Gasteiger partial charge in [-0.1, -0.05) is 52.4 Å². The SMILES string of the molecule is C=CC=[N+](C)C(=C)/C=C/c1ccc(N(C)CCSSCCN(C)c2ccc(/C=C/c3cccc[n+]3C)cc2)cc1. The molecule has 3 rings (SSSR count). The second-order valence-electron chi connectivity index (χ2n) is 9.56. The van der Waals surface area contributed by atoms with Crippen LogP contribution in [0, 0.1) is 0 Å². The van der Waals surface area contributed by atoms with Crippen molar-refractivity contribution in [2.24, 2.45) is 7.05 Å². The Balaban J connectivity index is 1.34. The quantitative estimate of drug-likeness (QED) is 0.0638. The van der Waals surface area contributed by atoms with E-state index in [1.165, 1.54) is 22.6 Å². The molecule has 0 N–H and O–H groups in total. The summed E-state index contributed by atoms with van der Waals surface area (Å²) in [4.78, 5) is 4.64. The second-order valence-corrected chi connectivity index (χ2v) is 12.3. The van der Waals surface area contributed by atoms with E-state index in [-0.39, 0.29) is 0 Å². The third kappa shape index (κ3) is 10.2. The van der Waals surface area contributed by atoms with Crippen LogP contribution in [0.1, 0.15) is 16.8 Å². The molecule has 1 heterocycles. The number of hydrogen-bond acceptors (Lipinski definition) is 4. The monoisotopic (exact) mass is 570 g/mol. The average Bonchev–Trinajstić information content (AvgIpc) is 2.97. The molecule has 0 radical (unpaired) electrons. The van der Waals surface area contributed by atoms with E-state index in [2.05, 4.69) is 134 Å². The minimum atomic E-state index is 0.918. The molecule has 0 spiro atoms. The Morgan fingerprint density at radius 1 is 0.825 bits per heavy atom.